The van der Waals surface area contributed by atoms with Crippen molar-refractivity contribution in [1.29, 1.82) is 0 Å². The van der Waals surface area contributed by atoms with Crippen LogP contribution in [-0.2, 0) is 16.0 Å². The lowest BCUT2D eigenvalue weighted by molar-refractivity contribution is -0.143. The largest absolute Gasteiger partial charge is 0.481 e. The third-order valence-electron chi connectivity index (χ3n) is 4.16. The molecule has 1 saturated carbocycles. The van der Waals surface area contributed by atoms with E-state index in [2.05, 4.69) is 5.32 Å². The summed E-state index contributed by atoms with van der Waals surface area (Å²) in [6.07, 6.45) is 1.57. The molecule has 0 atom stereocenters. The highest BCUT2D eigenvalue weighted by atomic mass is 16.4. The maximum atomic E-state index is 12.0. The Kier molecular flexibility index (Phi) is 3.37. The fraction of sp³-hybridized carbons (Fsp3) is 0.294. The Morgan fingerprint density at radius 1 is 1.10 bits per heavy atom. The van der Waals surface area contributed by atoms with Crippen LogP contribution in [0, 0.1) is 5.41 Å². The van der Waals surface area contributed by atoms with Crippen LogP contribution in [0.15, 0.2) is 42.5 Å². The molecule has 1 amide bonds. The number of nitrogens with one attached hydrogen (secondary N) is 1. The van der Waals surface area contributed by atoms with Gasteiger partial charge in [-0.25, -0.2) is 0 Å². The van der Waals surface area contributed by atoms with Crippen LogP contribution in [0.3, 0.4) is 0 Å². The van der Waals surface area contributed by atoms with E-state index < -0.39 is 11.4 Å². The highest BCUT2D eigenvalue weighted by molar-refractivity contribution is 5.90. The maximum Gasteiger partial charge on any atom is 0.311 e. The molecule has 2 aromatic carbocycles. The summed E-state index contributed by atoms with van der Waals surface area (Å²) in [4.78, 5) is 23.1. The van der Waals surface area contributed by atoms with E-state index in [-0.39, 0.29) is 18.9 Å². The van der Waals surface area contributed by atoms with Gasteiger partial charge in [0.25, 0.3) is 0 Å². The van der Waals surface area contributed by atoms with Gasteiger partial charge in [-0.3, -0.25) is 9.59 Å². The second-order valence-corrected chi connectivity index (χ2v) is 5.68. The number of rotatable bonds is 5. The van der Waals surface area contributed by atoms with Crippen molar-refractivity contribution in [1.82, 2.24) is 5.32 Å². The van der Waals surface area contributed by atoms with E-state index in [1.165, 1.54) is 0 Å². The lowest BCUT2D eigenvalue weighted by atomic mass is 10.0. The second kappa shape index (κ2) is 5.20. The smallest absolute Gasteiger partial charge is 0.311 e. The van der Waals surface area contributed by atoms with Crippen LogP contribution in [0.4, 0.5) is 0 Å². The number of benzene rings is 2. The molecule has 1 fully saturated rings. The number of carboxylic acids is 1. The van der Waals surface area contributed by atoms with E-state index >= 15 is 0 Å². The molecule has 4 heteroatoms. The van der Waals surface area contributed by atoms with E-state index in [0.717, 1.165) is 16.3 Å². The standard InChI is InChI=1S/C17H17NO3/c19-15(18-11-17(8-9-17)16(20)21)10-13-6-3-5-12-4-1-2-7-14(12)13/h1-7H,8-11H2,(H,18,19)(H,20,21). The van der Waals surface area contributed by atoms with Crippen molar-refractivity contribution in [2.75, 3.05) is 6.54 Å². The van der Waals surface area contributed by atoms with Crippen molar-refractivity contribution < 1.29 is 14.7 Å². The van der Waals surface area contributed by atoms with Crippen LogP contribution in [0.5, 0.6) is 0 Å². The minimum absolute atomic E-state index is 0.126. The molecule has 0 saturated heterocycles. The van der Waals surface area contributed by atoms with E-state index in [9.17, 15) is 9.59 Å². The van der Waals surface area contributed by atoms with Crippen LogP contribution in [0.2, 0.25) is 0 Å². The minimum Gasteiger partial charge on any atom is -0.481 e. The normalized spacial score (nSPS) is 15.6. The van der Waals surface area contributed by atoms with Crippen molar-refractivity contribution in [3.8, 4) is 0 Å². The number of amides is 1. The topological polar surface area (TPSA) is 66.4 Å². The van der Waals surface area contributed by atoms with E-state index in [0.29, 0.717) is 12.8 Å². The van der Waals surface area contributed by atoms with Gasteiger partial charge in [-0.05, 0) is 29.2 Å². The predicted octanol–water partition coefficient (Wildman–Crippen LogP) is 2.36. The molecule has 108 valence electrons. The van der Waals surface area contributed by atoms with Crippen LogP contribution in [-0.4, -0.2) is 23.5 Å². The molecule has 0 heterocycles. The highest BCUT2D eigenvalue weighted by Gasteiger charge is 2.50. The summed E-state index contributed by atoms with van der Waals surface area (Å²) in [6, 6.07) is 13.8. The zero-order valence-corrected chi connectivity index (χ0v) is 11.6. The SMILES string of the molecule is O=C(Cc1cccc2ccccc12)NCC1(C(=O)O)CC1. The van der Waals surface area contributed by atoms with Crippen molar-refractivity contribution in [2.45, 2.75) is 19.3 Å². The van der Waals surface area contributed by atoms with E-state index in [1.807, 2.05) is 42.5 Å². The van der Waals surface area contributed by atoms with E-state index in [4.69, 9.17) is 5.11 Å². The average Bonchev–Trinajstić information content (AvgIpc) is 3.27. The number of carboxylic acid groups (broad SMARTS) is 1. The summed E-state index contributed by atoms with van der Waals surface area (Å²) in [7, 11) is 0. The molecule has 0 aliphatic heterocycles. The minimum atomic E-state index is -0.812. The van der Waals surface area contributed by atoms with Crippen molar-refractivity contribution in [3.63, 3.8) is 0 Å². The van der Waals surface area contributed by atoms with Gasteiger partial charge in [0.05, 0.1) is 11.8 Å². The second-order valence-electron chi connectivity index (χ2n) is 5.68. The van der Waals surface area contributed by atoms with Gasteiger partial charge in [-0.2, -0.15) is 0 Å². The monoisotopic (exact) mass is 283 g/mol. The fourth-order valence-electron chi connectivity index (χ4n) is 2.57. The molecule has 0 bridgehead atoms. The van der Waals surface area contributed by atoms with Gasteiger partial charge in [0, 0.05) is 6.54 Å². The Morgan fingerprint density at radius 2 is 1.81 bits per heavy atom. The molecule has 0 radical (unpaired) electrons. The Balaban J connectivity index is 1.68. The number of hydrogen-bond acceptors (Lipinski definition) is 2. The Bertz CT molecular complexity index is 699. The van der Waals surface area contributed by atoms with Crippen molar-refractivity contribution in [2.24, 2.45) is 5.41 Å². The average molecular weight is 283 g/mol. The summed E-state index contributed by atoms with van der Waals surface area (Å²) < 4.78 is 0. The molecular weight excluding hydrogens is 266 g/mol. The number of fused-ring (bicyclic) bond motifs is 1. The van der Waals surface area contributed by atoms with Crippen molar-refractivity contribution in [3.05, 3.63) is 48.0 Å². The Labute approximate surface area is 122 Å². The first-order valence-corrected chi connectivity index (χ1v) is 7.07. The summed E-state index contributed by atoms with van der Waals surface area (Å²) in [5.74, 6) is -0.938. The summed E-state index contributed by atoms with van der Waals surface area (Å²) >= 11 is 0. The summed E-state index contributed by atoms with van der Waals surface area (Å²) in [5, 5.41) is 14.0. The van der Waals surface area contributed by atoms with Gasteiger partial charge >= 0.3 is 5.97 Å². The number of carbonyl (C=O) groups excluding carboxylic acids is 1. The van der Waals surface area contributed by atoms with Crippen LogP contribution >= 0.6 is 0 Å². The predicted molar refractivity (Wildman–Crippen MR) is 80.0 cm³/mol. The first kappa shape index (κ1) is 13.6. The molecule has 1 aliphatic rings. The highest BCUT2D eigenvalue weighted by Crippen LogP contribution is 2.45. The Morgan fingerprint density at radius 3 is 2.52 bits per heavy atom. The van der Waals surface area contributed by atoms with Gasteiger partial charge < -0.3 is 10.4 Å². The first-order valence-electron chi connectivity index (χ1n) is 7.07. The summed E-state index contributed by atoms with van der Waals surface area (Å²) in [6.45, 7) is 0.228. The molecule has 3 rings (SSSR count). The molecule has 21 heavy (non-hydrogen) atoms. The fourth-order valence-corrected chi connectivity index (χ4v) is 2.57. The maximum absolute atomic E-state index is 12.0. The molecular formula is C17H17NO3. The van der Waals surface area contributed by atoms with E-state index in [1.54, 1.807) is 0 Å². The molecule has 2 aromatic rings. The first-order chi connectivity index (χ1) is 10.1. The zero-order valence-electron chi connectivity index (χ0n) is 11.6. The molecule has 2 N–H and O–H groups in total. The third-order valence-corrected chi connectivity index (χ3v) is 4.16. The van der Waals surface area contributed by atoms with Gasteiger partial charge in [0.1, 0.15) is 0 Å². The lowest BCUT2D eigenvalue weighted by Crippen LogP contribution is -2.35. The molecule has 1 aliphatic carbocycles. The third kappa shape index (κ3) is 2.75. The molecule has 0 spiro atoms. The number of carbonyl (C=O) groups is 2. The van der Waals surface area contributed by atoms with Gasteiger partial charge in [0.2, 0.25) is 5.91 Å². The van der Waals surface area contributed by atoms with Crippen LogP contribution < -0.4 is 5.32 Å². The van der Waals surface area contributed by atoms with Crippen molar-refractivity contribution >= 4 is 22.6 Å². The molecule has 4 nitrogen and oxygen atoms in total. The van der Waals surface area contributed by atoms with Gasteiger partial charge in [-0.15, -0.1) is 0 Å². The Hall–Kier alpha value is -2.36. The van der Waals surface area contributed by atoms with Gasteiger partial charge in [0.15, 0.2) is 0 Å². The van der Waals surface area contributed by atoms with Crippen LogP contribution in [0.1, 0.15) is 18.4 Å². The molecule has 0 unspecified atom stereocenters. The van der Waals surface area contributed by atoms with Gasteiger partial charge in [-0.1, -0.05) is 42.5 Å². The zero-order chi connectivity index (χ0) is 14.9. The number of aliphatic carboxylic acids is 1. The van der Waals surface area contributed by atoms with Crippen LogP contribution in [0.25, 0.3) is 10.8 Å². The molecule has 0 aromatic heterocycles. The lowest BCUT2D eigenvalue weighted by Gasteiger charge is -2.12. The number of hydrogen-bond donors (Lipinski definition) is 2. The summed E-state index contributed by atoms with van der Waals surface area (Å²) in [5.41, 5.74) is 0.250. The quantitative estimate of drug-likeness (QED) is 0.885.